The number of aryl methyl sites for hydroxylation is 1. The molecule has 128 valence electrons. The Labute approximate surface area is 150 Å². The maximum atomic E-state index is 11.2. The van der Waals surface area contributed by atoms with E-state index in [-0.39, 0.29) is 17.2 Å². The van der Waals surface area contributed by atoms with E-state index in [4.69, 9.17) is 16.3 Å². The van der Waals surface area contributed by atoms with Crippen LogP contribution in [0.3, 0.4) is 0 Å². The first-order chi connectivity index (χ1) is 12.2. The standard InChI is InChI=1S/C18H17ClN4O2/c1-2-8-23-16(5-7-22-23)18-13(4-3-6-21-18)12-25-17-10-20-9-15(19)14(17)11-24/h3-7,9-11H,2,8,12H2,1H3. The summed E-state index contributed by atoms with van der Waals surface area (Å²) >= 11 is 5.98. The smallest absolute Gasteiger partial charge is 0.155 e. The number of halogens is 1. The predicted molar refractivity (Wildman–Crippen MR) is 94.7 cm³/mol. The molecule has 3 rings (SSSR count). The Balaban J connectivity index is 1.89. The highest BCUT2D eigenvalue weighted by molar-refractivity contribution is 6.33. The van der Waals surface area contributed by atoms with Crippen LogP contribution in [0, 0.1) is 0 Å². The first kappa shape index (κ1) is 17.1. The number of aldehydes is 1. The number of hydrogen-bond acceptors (Lipinski definition) is 5. The van der Waals surface area contributed by atoms with Gasteiger partial charge in [0.05, 0.1) is 28.2 Å². The number of carbonyl (C=O) groups is 1. The summed E-state index contributed by atoms with van der Waals surface area (Å²) in [6, 6.07) is 5.71. The highest BCUT2D eigenvalue weighted by Gasteiger charge is 2.13. The highest BCUT2D eigenvalue weighted by atomic mass is 35.5. The second-order valence-electron chi connectivity index (χ2n) is 5.39. The summed E-state index contributed by atoms with van der Waals surface area (Å²) in [5.41, 5.74) is 2.91. The Bertz CT molecular complexity index is 879. The van der Waals surface area contributed by atoms with E-state index in [9.17, 15) is 4.79 Å². The number of carbonyl (C=O) groups excluding carboxylic acids is 1. The molecule has 0 saturated heterocycles. The Kier molecular flexibility index (Phi) is 5.40. The summed E-state index contributed by atoms with van der Waals surface area (Å²) < 4.78 is 7.71. The molecule has 0 unspecified atom stereocenters. The topological polar surface area (TPSA) is 69.9 Å². The van der Waals surface area contributed by atoms with Crippen molar-refractivity contribution in [1.29, 1.82) is 0 Å². The quantitative estimate of drug-likeness (QED) is 0.602. The fraction of sp³-hybridized carbons (Fsp3) is 0.222. The first-order valence-electron chi connectivity index (χ1n) is 7.92. The van der Waals surface area contributed by atoms with Gasteiger partial charge in [0.2, 0.25) is 0 Å². The molecule has 3 heterocycles. The zero-order valence-electron chi connectivity index (χ0n) is 13.7. The monoisotopic (exact) mass is 356 g/mol. The number of aromatic nitrogens is 4. The molecule has 7 heteroatoms. The van der Waals surface area contributed by atoms with Crippen molar-refractivity contribution in [2.24, 2.45) is 0 Å². The predicted octanol–water partition coefficient (Wildman–Crippen LogP) is 3.80. The molecule has 0 bridgehead atoms. The molecule has 0 aromatic carbocycles. The molecule has 0 aliphatic heterocycles. The molecule has 3 aromatic rings. The van der Waals surface area contributed by atoms with Crippen LogP contribution in [-0.2, 0) is 13.2 Å². The zero-order valence-corrected chi connectivity index (χ0v) is 14.5. The van der Waals surface area contributed by atoms with Crippen molar-refractivity contribution in [3.63, 3.8) is 0 Å². The third kappa shape index (κ3) is 3.69. The van der Waals surface area contributed by atoms with E-state index in [0.717, 1.165) is 29.9 Å². The molecule has 25 heavy (non-hydrogen) atoms. The lowest BCUT2D eigenvalue weighted by atomic mass is 10.1. The number of ether oxygens (including phenoxy) is 1. The van der Waals surface area contributed by atoms with E-state index < -0.39 is 0 Å². The molecular formula is C18H17ClN4O2. The summed E-state index contributed by atoms with van der Waals surface area (Å²) in [7, 11) is 0. The fourth-order valence-corrected chi connectivity index (χ4v) is 2.72. The maximum Gasteiger partial charge on any atom is 0.155 e. The van der Waals surface area contributed by atoms with E-state index in [1.165, 1.54) is 12.4 Å². The van der Waals surface area contributed by atoms with Gasteiger partial charge in [0.15, 0.2) is 6.29 Å². The highest BCUT2D eigenvalue weighted by Crippen LogP contribution is 2.26. The molecular weight excluding hydrogens is 340 g/mol. The molecule has 0 saturated carbocycles. The average molecular weight is 357 g/mol. The lowest BCUT2D eigenvalue weighted by Gasteiger charge is -2.12. The lowest BCUT2D eigenvalue weighted by Crippen LogP contribution is -2.06. The Morgan fingerprint density at radius 1 is 1.28 bits per heavy atom. The molecule has 0 aliphatic rings. The molecule has 0 spiro atoms. The number of pyridine rings is 2. The molecule has 0 N–H and O–H groups in total. The number of rotatable bonds is 7. The van der Waals surface area contributed by atoms with Crippen LogP contribution in [-0.4, -0.2) is 26.0 Å². The van der Waals surface area contributed by atoms with E-state index in [1.54, 1.807) is 12.4 Å². The van der Waals surface area contributed by atoms with Gasteiger partial charge in [0.1, 0.15) is 12.4 Å². The third-order valence-electron chi connectivity index (χ3n) is 3.69. The van der Waals surface area contributed by atoms with E-state index in [2.05, 4.69) is 22.0 Å². The van der Waals surface area contributed by atoms with E-state index >= 15 is 0 Å². The van der Waals surface area contributed by atoms with Crippen molar-refractivity contribution in [3.8, 4) is 17.1 Å². The van der Waals surface area contributed by atoms with Gasteiger partial charge in [-0.3, -0.25) is 19.4 Å². The lowest BCUT2D eigenvalue weighted by molar-refractivity contribution is 0.111. The molecule has 6 nitrogen and oxygen atoms in total. The summed E-state index contributed by atoms with van der Waals surface area (Å²) in [5, 5.41) is 4.61. The van der Waals surface area contributed by atoms with Gasteiger partial charge >= 0.3 is 0 Å². The second kappa shape index (κ2) is 7.90. The van der Waals surface area contributed by atoms with Crippen LogP contribution in [0.15, 0.2) is 43.0 Å². The van der Waals surface area contributed by atoms with Crippen LogP contribution in [0.2, 0.25) is 5.02 Å². The van der Waals surface area contributed by atoms with Crippen molar-refractivity contribution in [1.82, 2.24) is 19.7 Å². The minimum atomic E-state index is 0.239. The van der Waals surface area contributed by atoms with Gasteiger partial charge in [-0.15, -0.1) is 0 Å². The van der Waals surface area contributed by atoms with Crippen LogP contribution in [0.25, 0.3) is 11.4 Å². The van der Waals surface area contributed by atoms with Crippen LogP contribution >= 0.6 is 11.6 Å². The van der Waals surface area contributed by atoms with Crippen molar-refractivity contribution in [2.45, 2.75) is 26.5 Å². The normalized spacial score (nSPS) is 10.6. The largest absolute Gasteiger partial charge is 0.486 e. The molecule has 3 aromatic heterocycles. The van der Waals surface area contributed by atoms with E-state index in [0.29, 0.717) is 12.0 Å². The molecule has 0 amide bonds. The van der Waals surface area contributed by atoms with Crippen molar-refractivity contribution < 1.29 is 9.53 Å². The summed E-state index contributed by atoms with van der Waals surface area (Å²) in [6.45, 7) is 3.15. The molecule has 0 radical (unpaired) electrons. The number of hydrogen-bond donors (Lipinski definition) is 0. The maximum absolute atomic E-state index is 11.2. The second-order valence-corrected chi connectivity index (χ2v) is 5.80. The third-order valence-corrected chi connectivity index (χ3v) is 3.99. The molecule has 0 atom stereocenters. The summed E-state index contributed by atoms with van der Waals surface area (Å²) in [6.07, 6.45) is 8.03. The minimum Gasteiger partial charge on any atom is -0.486 e. The van der Waals surface area contributed by atoms with Gasteiger partial charge < -0.3 is 4.74 Å². The van der Waals surface area contributed by atoms with Crippen molar-refractivity contribution >= 4 is 17.9 Å². The van der Waals surface area contributed by atoms with Crippen molar-refractivity contribution in [2.75, 3.05) is 0 Å². The van der Waals surface area contributed by atoms with Gasteiger partial charge in [-0.1, -0.05) is 24.6 Å². The Morgan fingerprint density at radius 3 is 2.96 bits per heavy atom. The molecule has 0 fully saturated rings. The SMILES string of the molecule is CCCn1nccc1-c1ncccc1COc1cncc(Cl)c1C=O. The van der Waals surface area contributed by atoms with Crippen LogP contribution < -0.4 is 4.74 Å². The van der Waals surface area contributed by atoms with Crippen molar-refractivity contribution in [3.05, 3.63) is 59.1 Å². The van der Waals surface area contributed by atoms with E-state index in [1.807, 2.05) is 22.9 Å². The fourth-order valence-electron chi connectivity index (χ4n) is 2.52. The van der Waals surface area contributed by atoms with Gasteiger partial charge in [-0.25, -0.2) is 0 Å². The molecule has 0 aliphatic carbocycles. The Hall–Kier alpha value is -2.73. The number of nitrogens with zero attached hydrogens (tertiary/aromatic N) is 4. The first-order valence-corrected chi connectivity index (χ1v) is 8.30. The summed E-state index contributed by atoms with van der Waals surface area (Å²) in [5.74, 6) is 0.347. The zero-order chi connectivity index (χ0) is 17.6. The van der Waals surface area contributed by atoms with Gasteiger partial charge in [-0.2, -0.15) is 5.10 Å². The van der Waals surface area contributed by atoms with Crippen LogP contribution in [0.1, 0.15) is 29.3 Å². The van der Waals surface area contributed by atoms with Gasteiger partial charge in [-0.05, 0) is 18.6 Å². The van der Waals surface area contributed by atoms with Gasteiger partial charge in [0.25, 0.3) is 0 Å². The average Bonchev–Trinajstić information content (AvgIpc) is 3.08. The summed E-state index contributed by atoms with van der Waals surface area (Å²) in [4.78, 5) is 19.7. The minimum absolute atomic E-state index is 0.239. The van der Waals surface area contributed by atoms with Gasteiger partial charge in [0, 0.05) is 30.7 Å². The van der Waals surface area contributed by atoms with Crippen LogP contribution in [0.5, 0.6) is 5.75 Å². The Morgan fingerprint density at radius 2 is 2.16 bits per heavy atom. The van der Waals surface area contributed by atoms with Crippen LogP contribution in [0.4, 0.5) is 0 Å².